The van der Waals surface area contributed by atoms with Gasteiger partial charge in [0.25, 0.3) is 6.71 Å². The Morgan fingerprint density at radius 1 is 0.391 bits per heavy atom. The van der Waals surface area contributed by atoms with Crippen molar-refractivity contribution in [1.29, 1.82) is 0 Å². The van der Waals surface area contributed by atoms with Crippen molar-refractivity contribution in [2.45, 2.75) is 155 Å². The third kappa shape index (κ3) is 6.64. The molecule has 3 aliphatic carbocycles. The molecule has 0 atom stereocenters. The lowest BCUT2D eigenvalue weighted by molar-refractivity contribution is 0.332. The van der Waals surface area contributed by atoms with E-state index in [1.54, 1.807) is 0 Å². The van der Waals surface area contributed by atoms with Crippen LogP contribution in [-0.2, 0) is 32.5 Å². The van der Waals surface area contributed by atoms with Gasteiger partial charge in [-0.05, 0) is 192 Å². The first kappa shape index (κ1) is 41.0. The topological polar surface area (TPSA) is 6.48 Å². The fraction of sp³-hybridized carbons (Fsp3) is 0.364. The molecule has 0 saturated heterocycles. The van der Waals surface area contributed by atoms with Gasteiger partial charge in [0, 0.05) is 38.1 Å². The number of hydrogen-bond acceptors (Lipinski definition) is 2. The molecule has 7 aromatic rings. The first-order valence-electron chi connectivity index (χ1n) is 27.3. The highest BCUT2D eigenvalue weighted by molar-refractivity contribution is 7.00. The summed E-state index contributed by atoms with van der Waals surface area (Å²) in [6.07, 6.45) is 5.49. The predicted molar refractivity (Wildman–Crippen MR) is 297 cm³/mol. The third-order valence-corrected chi connectivity index (χ3v) is 18.0. The molecule has 2 aliphatic heterocycles. The molecule has 0 N–H and O–H groups in total. The summed E-state index contributed by atoms with van der Waals surface area (Å²) >= 11 is 0. The molecule has 0 unspecified atom stereocenters. The Labute approximate surface area is 418 Å². The zero-order valence-corrected chi connectivity index (χ0v) is 43.2. The lowest BCUT2D eigenvalue weighted by Gasteiger charge is -2.48. The van der Waals surface area contributed by atoms with Crippen LogP contribution >= 0.6 is 0 Å². The highest BCUT2D eigenvalue weighted by atomic mass is 15.2. The van der Waals surface area contributed by atoms with Crippen molar-refractivity contribution in [1.82, 2.24) is 0 Å². The van der Waals surface area contributed by atoms with E-state index in [1.807, 2.05) is 12.1 Å². The molecular formula is C66H71BN2. The molecule has 2 nitrogen and oxygen atoms in total. The number of fused-ring (bicyclic) bond motifs is 7. The summed E-state index contributed by atoms with van der Waals surface area (Å²) in [5.41, 5.74) is 23.1. The van der Waals surface area contributed by atoms with E-state index in [0.717, 1.165) is 93.9 Å². The van der Waals surface area contributed by atoms with Crippen LogP contribution in [0.15, 0.2) is 133 Å². The smallest absolute Gasteiger partial charge is 0.252 e. The highest BCUT2D eigenvalue weighted by Gasteiger charge is 2.50. The molecule has 3 heteroatoms. The summed E-state index contributed by atoms with van der Waals surface area (Å²) in [7, 11) is 0. The zero-order valence-electron chi connectivity index (χ0n) is 46.2. The first-order chi connectivity index (χ1) is 33.8. The maximum Gasteiger partial charge on any atom is 0.252 e. The molecule has 69 heavy (non-hydrogen) atoms. The first-order valence-corrected chi connectivity index (χ1v) is 25.8. The molecule has 0 fully saturated rings. The zero-order chi connectivity index (χ0) is 50.9. The van der Waals surface area contributed by atoms with Gasteiger partial charge in [0.15, 0.2) is 0 Å². The van der Waals surface area contributed by atoms with E-state index < -0.39 is 6.85 Å². The Morgan fingerprint density at radius 2 is 0.870 bits per heavy atom. The normalized spacial score (nSPS) is 20.8. The number of hydrogen-bond donors (Lipinski definition) is 0. The van der Waals surface area contributed by atoms with Crippen molar-refractivity contribution >= 4 is 57.2 Å². The lowest BCUT2D eigenvalue weighted by atomic mass is 9.32. The molecule has 0 spiro atoms. The molecule has 0 amide bonds. The van der Waals surface area contributed by atoms with Crippen molar-refractivity contribution in [2.24, 2.45) is 0 Å². The molecule has 7 aromatic carbocycles. The Balaban J connectivity index is 1.24. The van der Waals surface area contributed by atoms with E-state index in [0.29, 0.717) is 5.56 Å². The van der Waals surface area contributed by atoms with Gasteiger partial charge in [0.1, 0.15) is 0 Å². The average Bonchev–Trinajstić information content (AvgIpc) is 3.52. The fourth-order valence-electron chi connectivity index (χ4n) is 14.2. The van der Waals surface area contributed by atoms with Crippen LogP contribution in [0.2, 0.25) is 0 Å². The lowest BCUT2D eigenvalue weighted by Crippen LogP contribution is -2.62. The summed E-state index contributed by atoms with van der Waals surface area (Å²) in [5.74, 6) is 0. The van der Waals surface area contributed by atoms with E-state index in [1.165, 1.54) is 44.3 Å². The minimum absolute atomic E-state index is 0.0275. The van der Waals surface area contributed by atoms with Crippen molar-refractivity contribution in [3.8, 4) is 22.3 Å². The molecular weight excluding hydrogens is 832 g/mol. The number of nitrogens with zero attached hydrogens (tertiary/aromatic N) is 2. The van der Waals surface area contributed by atoms with Crippen LogP contribution in [0, 0.1) is 6.85 Å². The molecule has 0 bridgehead atoms. The Kier molecular flexibility index (Phi) is 8.70. The molecule has 12 rings (SSSR count). The Morgan fingerprint density at radius 3 is 1.45 bits per heavy atom. The molecule has 0 saturated carbocycles. The monoisotopic (exact) mass is 906 g/mol. The van der Waals surface area contributed by atoms with E-state index >= 15 is 0 Å². The third-order valence-electron chi connectivity index (χ3n) is 18.0. The second-order valence-corrected chi connectivity index (χ2v) is 25.6. The van der Waals surface area contributed by atoms with Gasteiger partial charge in [-0.15, -0.1) is 0 Å². The number of aryl methyl sites for hydroxylation is 1. The molecule has 2 heterocycles. The van der Waals surface area contributed by atoms with Gasteiger partial charge in [0.05, 0.1) is 5.69 Å². The predicted octanol–water partition coefficient (Wildman–Crippen LogP) is 16.1. The van der Waals surface area contributed by atoms with Gasteiger partial charge in [0.2, 0.25) is 0 Å². The fourth-order valence-corrected chi connectivity index (χ4v) is 14.2. The van der Waals surface area contributed by atoms with Gasteiger partial charge >= 0.3 is 0 Å². The minimum Gasteiger partial charge on any atom is -0.311 e. The van der Waals surface area contributed by atoms with Gasteiger partial charge < -0.3 is 9.80 Å². The van der Waals surface area contributed by atoms with Gasteiger partial charge in [-0.2, -0.15) is 0 Å². The van der Waals surface area contributed by atoms with Gasteiger partial charge in [-0.1, -0.05) is 168 Å². The van der Waals surface area contributed by atoms with E-state index in [2.05, 4.69) is 214 Å². The van der Waals surface area contributed by atoms with Crippen LogP contribution in [0.5, 0.6) is 0 Å². The van der Waals surface area contributed by atoms with Crippen LogP contribution in [0.4, 0.5) is 34.1 Å². The van der Waals surface area contributed by atoms with E-state index in [-0.39, 0.29) is 39.2 Å². The standard InChI is InChI=1S/C66H71BN2/c1-41-32-58-60-59(33-41)69(55-27-24-44(42-20-16-14-17-21-42)34-46(55)43-22-18-15-19-23-43)57-39-52-50(65(10,11)40-66(52,12)13)37-54(57)67(60)53-36-49-51(64(8,9)31-30-63(49,6)7)38-56(53)68(58)45-25-26-47-48(35-45)62(4,5)29-28-61(47,2)3/h14-27,32-39H,28-31,40H2,1-13H3/i1D3. The Bertz CT molecular complexity index is 3390. The van der Waals surface area contributed by atoms with Gasteiger partial charge in [-0.3, -0.25) is 0 Å². The maximum absolute atomic E-state index is 9.29. The van der Waals surface area contributed by atoms with Crippen LogP contribution in [0.25, 0.3) is 22.3 Å². The van der Waals surface area contributed by atoms with Crippen molar-refractivity contribution in [3.63, 3.8) is 0 Å². The molecule has 0 aromatic heterocycles. The summed E-state index contributed by atoms with van der Waals surface area (Å²) in [4.78, 5) is 4.97. The minimum atomic E-state index is -2.38. The molecule has 0 radical (unpaired) electrons. The van der Waals surface area contributed by atoms with Crippen LogP contribution in [-0.4, -0.2) is 6.71 Å². The largest absolute Gasteiger partial charge is 0.311 e. The molecule has 5 aliphatic rings. The maximum atomic E-state index is 9.29. The van der Waals surface area contributed by atoms with E-state index in [9.17, 15) is 4.11 Å². The van der Waals surface area contributed by atoms with Crippen molar-refractivity contribution in [3.05, 3.63) is 172 Å². The summed E-state index contributed by atoms with van der Waals surface area (Å²) < 4.78 is 27.9. The summed E-state index contributed by atoms with van der Waals surface area (Å²) in [6.45, 7) is 26.5. The average molecular weight is 906 g/mol. The van der Waals surface area contributed by atoms with Gasteiger partial charge in [-0.25, -0.2) is 0 Å². The second kappa shape index (κ2) is 14.6. The van der Waals surface area contributed by atoms with Crippen molar-refractivity contribution in [2.75, 3.05) is 9.80 Å². The molecule has 348 valence electrons. The van der Waals surface area contributed by atoms with E-state index in [4.69, 9.17) is 0 Å². The SMILES string of the molecule is [2H]C([2H])([2H])c1cc2c3c(c1)N(c1ccc(-c4ccccc4)cc1-c1ccccc1)c1cc4c(cc1B3c1cc3c(cc1N2c1ccc2c(c1)C(C)(C)CCC2(C)C)C(C)(C)CCC3(C)C)C(C)(C)CC4(C)C. The van der Waals surface area contributed by atoms with Crippen LogP contribution in [0.3, 0.4) is 0 Å². The number of anilines is 6. The number of benzene rings is 7. The quantitative estimate of drug-likeness (QED) is 0.162. The highest BCUT2D eigenvalue weighted by Crippen LogP contribution is 2.56. The number of rotatable bonds is 4. The summed E-state index contributed by atoms with van der Waals surface area (Å²) in [6, 6.07) is 49.9. The summed E-state index contributed by atoms with van der Waals surface area (Å²) in [5, 5.41) is 0. The second-order valence-electron chi connectivity index (χ2n) is 25.6. The van der Waals surface area contributed by atoms with Crippen LogP contribution in [0.1, 0.15) is 158 Å². The van der Waals surface area contributed by atoms with Crippen LogP contribution < -0.4 is 26.2 Å². The van der Waals surface area contributed by atoms with Crippen molar-refractivity contribution < 1.29 is 4.11 Å². The Hall–Kier alpha value is -5.80.